The normalized spacial score (nSPS) is 14.4. The van der Waals surface area contributed by atoms with E-state index < -0.39 is 24.6 Å². The number of carboxylic acids is 2. The van der Waals surface area contributed by atoms with Crippen molar-refractivity contribution in [2.75, 3.05) is 25.0 Å². The van der Waals surface area contributed by atoms with Gasteiger partial charge in [-0.25, -0.2) is 9.59 Å². The van der Waals surface area contributed by atoms with Gasteiger partial charge in [0.15, 0.2) is 17.6 Å². The number of piperidine rings is 1. The Balaban J connectivity index is 1.64. The highest BCUT2D eigenvalue weighted by Gasteiger charge is 2.32. The molecule has 39 heavy (non-hydrogen) atoms. The Morgan fingerprint density at radius 3 is 2.36 bits per heavy atom. The summed E-state index contributed by atoms with van der Waals surface area (Å²) in [6, 6.07) is 13.0. The highest BCUT2D eigenvalue weighted by molar-refractivity contribution is 7.18. The summed E-state index contributed by atoms with van der Waals surface area (Å²) < 4.78 is 11.7. The second-order valence-electron chi connectivity index (χ2n) is 9.61. The molecule has 1 atom stereocenters. The van der Waals surface area contributed by atoms with Gasteiger partial charge in [0.25, 0.3) is 5.91 Å². The Bertz CT molecular complexity index is 1360. The summed E-state index contributed by atoms with van der Waals surface area (Å²) in [4.78, 5) is 37.0. The first-order chi connectivity index (χ1) is 18.7. The number of nitrogens with one attached hydrogen (secondary N) is 2. The molecule has 4 N–H and O–H groups in total. The standard InChI is InChI=1S/C29H32N2O7S/c1-16-6-4-7-17(2)23(16)31-28(34)25(19-10-12-30-13-11-19)38-21-9-5-8-20(14-21)26-18(3)24(37-15-22(32)33)27(39-26)29(35)36/h4-9,14,19,25,30H,10-13,15H2,1-3H3,(H,31,34)(H,32,33)(H,35,36). The highest BCUT2D eigenvalue weighted by Crippen LogP contribution is 2.42. The van der Waals surface area contributed by atoms with Crippen LogP contribution in [0.25, 0.3) is 10.4 Å². The lowest BCUT2D eigenvalue weighted by Gasteiger charge is -2.30. The van der Waals surface area contributed by atoms with Gasteiger partial charge in [0, 0.05) is 22.0 Å². The Labute approximate surface area is 230 Å². The predicted molar refractivity (Wildman–Crippen MR) is 149 cm³/mol. The van der Waals surface area contributed by atoms with Crippen molar-refractivity contribution in [2.45, 2.75) is 39.7 Å². The first-order valence-electron chi connectivity index (χ1n) is 12.7. The molecule has 2 aromatic carbocycles. The number of ether oxygens (including phenoxy) is 2. The molecule has 206 valence electrons. The highest BCUT2D eigenvalue weighted by atomic mass is 32.1. The lowest BCUT2D eigenvalue weighted by molar-refractivity contribution is -0.139. The Hall–Kier alpha value is -3.89. The minimum absolute atomic E-state index is 0.0114. The fourth-order valence-corrected chi connectivity index (χ4v) is 5.88. The number of para-hydroxylation sites is 1. The van der Waals surface area contributed by atoms with Crippen molar-refractivity contribution in [2.24, 2.45) is 5.92 Å². The van der Waals surface area contributed by atoms with Crippen LogP contribution in [-0.4, -0.2) is 53.9 Å². The van der Waals surface area contributed by atoms with E-state index in [9.17, 15) is 19.5 Å². The lowest BCUT2D eigenvalue weighted by Crippen LogP contribution is -2.44. The summed E-state index contributed by atoms with van der Waals surface area (Å²) in [7, 11) is 0. The van der Waals surface area contributed by atoms with Crippen LogP contribution < -0.4 is 20.1 Å². The van der Waals surface area contributed by atoms with Gasteiger partial charge < -0.3 is 30.3 Å². The molecular weight excluding hydrogens is 520 g/mol. The van der Waals surface area contributed by atoms with Crippen LogP contribution in [0.5, 0.6) is 11.5 Å². The third-order valence-corrected chi connectivity index (χ3v) is 8.09. The SMILES string of the molecule is Cc1cccc(C)c1NC(=O)C(Oc1cccc(-c2sc(C(=O)O)c(OCC(=O)O)c2C)c1)C1CCNCC1. The molecule has 1 saturated heterocycles. The fourth-order valence-electron chi connectivity index (χ4n) is 4.80. The van der Waals surface area contributed by atoms with Crippen LogP contribution in [0.4, 0.5) is 5.69 Å². The van der Waals surface area contributed by atoms with Crippen LogP contribution in [0.3, 0.4) is 0 Å². The van der Waals surface area contributed by atoms with Gasteiger partial charge in [-0.05, 0) is 75.5 Å². The van der Waals surface area contributed by atoms with Crippen molar-refractivity contribution >= 4 is 34.9 Å². The molecule has 1 amide bonds. The smallest absolute Gasteiger partial charge is 0.349 e. The van der Waals surface area contributed by atoms with Crippen molar-refractivity contribution < 1.29 is 34.1 Å². The minimum Gasteiger partial charge on any atom is -0.480 e. The number of aliphatic carboxylic acids is 1. The average molecular weight is 553 g/mol. The van der Waals surface area contributed by atoms with Crippen LogP contribution in [0.15, 0.2) is 42.5 Å². The molecule has 0 spiro atoms. The van der Waals surface area contributed by atoms with Gasteiger partial charge in [-0.1, -0.05) is 30.3 Å². The van der Waals surface area contributed by atoms with Crippen LogP contribution in [-0.2, 0) is 9.59 Å². The lowest BCUT2D eigenvalue weighted by atomic mass is 9.91. The van der Waals surface area contributed by atoms with Crippen molar-refractivity contribution in [3.8, 4) is 21.9 Å². The largest absolute Gasteiger partial charge is 0.480 e. The quantitative estimate of drug-likeness (QED) is 0.279. The van der Waals surface area contributed by atoms with Gasteiger partial charge in [-0.3, -0.25) is 4.79 Å². The Kier molecular flexibility index (Phi) is 8.88. The number of anilines is 1. The molecule has 2 heterocycles. The van der Waals surface area contributed by atoms with E-state index in [1.807, 2.05) is 38.1 Å². The summed E-state index contributed by atoms with van der Waals surface area (Å²) in [5.74, 6) is -2.08. The number of carboxylic acid groups (broad SMARTS) is 2. The van der Waals surface area contributed by atoms with E-state index in [0.29, 0.717) is 21.8 Å². The summed E-state index contributed by atoms with van der Waals surface area (Å²) in [6.07, 6.45) is 0.858. The van der Waals surface area contributed by atoms with Gasteiger partial charge in [0.2, 0.25) is 0 Å². The van der Waals surface area contributed by atoms with E-state index in [-0.39, 0.29) is 22.5 Å². The molecule has 0 saturated carbocycles. The molecule has 1 aliphatic heterocycles. The molecule has 1 aliphatic rings. The topological polar surface area (TPSA) is 134 Å². The first kappa shape index (κ1) is 28.1. The summed E-state index contributed by atoms with van der Waals surface area (Å²) in [5.41, 5.74) is 3.93. The van der Waals surface area contributed by atoms with Gasteiger partial charge in [0.1, 0.15) is 11.5 Å². The first-order valence-corrected chi connectivity index (χ1v) is 13.5. The number of aromatic carboxylic acids is 1. The summed E-state index contributed by atoms with van der Waals surface area (Å²) in [5, 5.41) is 25.1. The van der Waals surface area contributed by atoms with Crippen LogP contribution in [0, 0.1) is 26.7 Å². The van der Waals surface area contributed by atoms with E-state index in [1.54, 1.807) is 25.1 Å². The Morgan fingerprint density at radius 1 is 1.05 bits per heavy atom. The third kappa shape index (κ3) is 6.58. The number of aryl methyl sites for hydroxylation is 2. The molecule has 1 aromatic heterocycles. The van der Waals surface area contributed by atoms with Crippen LogP contribution >= 0.6 is 11.3 Å². The summed E-state index contributed by atoms with van der Waals surface area (Å²) >= 11 is 1.01. The molecule has 0 aliphatic carbocycles. The molecule has 4 rings (SSSR count). The second-order valence-corrected chi connectivity index (χ2v) is 10.6. The van der Waals surface area contributed by atoms with Gasteiger partial charge in [0.05, 0.1) is 0 Å². The fraction of sp³-hybridized carbons (Fsp3) is 0.345. The second kappa shape index (κ2) is 12.3. The number of carbonyl (C=O) groups is 3. The number of carbonyl (C=O) groups excluding carboxylic acids is 1. The molecule has 0 bridgehead atoms. The number of thiophene rings is 1. The molecule has 0 radical (unpaired) electrons. The number of amides is 1. The number of rotatable bonds is 10. The van der Waals surface area contributed by atoms with Crippen LogP contribution in [0.2, 0.25) is 0 Å². The maximum absolute atomic E-state index is 13.6. The molecule has 10 heteroatoms. The van der Waals surface area contributed by atoms with E-state index in [0.717, 1.165) is 54.1 Å². The van der Waals surface area contributed by atoms with Crippen molar-refractivity contribution in [1.29, 1.82) is 0 Å². The monoisotopic (exact) mass is 552 g/mol. The van der Waals surface area contributed by atoms with Gasteiger partial charge >= 0.3 is 11.9 Å². The average Bonchev–Trinajstić information content (AvgIpc) is 3.25. The molecule has 9 nitrogen and oxygen atoms in total. The van der Waals surface area contributed by atoms with Crippen molar-refractivity contribution in [3.05, 3.63) is 64.0 Å². The van der Waals surface area contributed by atoms with Crippen LogP contribution in [0.1, 0.15) is 39.2 Å². The summed E-state index contributed by atoms with van der Waals surface area (Å²) in [6.45, 7) is 6.55. The Morgan fingerprint density at radius 2 is 1.72 bits per heavy atom. The van der Waals surface area contributed by atoms with E-state index in [1.165, 1.54) is 0 Å². The van der Waals surface area contributed by atoms with E-state index >= 15 is 0 Å². The zero-order valence-corrected chi connectivity index (χ0v) is 22.9. The van der Waals surface area contributed by atoms with Crippen molar-refractivity contribution in [1.82, 2.24) is 5.32 Å². The number of hydrogen-bond acceptors (Lipinski definition) is 7. The van der Waals surface area contributed by atoms with E-state index in [4.69, 9.17) is 14.6 Å². The maximum atomic E-state index is 13.6. The molecule has 3 aromatic rings. The number of benzene rings is 2. The van der Waals surface area contributed by atoms with Crippen molar-refractivity contribution in [3.63, 3.8) is 0 Å². The van der Waals surface area contributed by atoms with Gasteiger partial charge in [-0.15, -0.1) is 11.3 Å². The van der Waals surface area contributed by atoms with Gasteiger partial charge in [-0.2, -0.15) is 0 Å². The zero-order valence-electron chi connectivity index (χ0n) is 22.1. The van der Waals surface area contributed by atoms with E-state index in [2.05, 4.69) is 10.6 Å². The molecule has 1 fully saturated rings. The predicted octanol–water partition coefficient (Wildman–Crippen LogP) is 4.89. The minimum atomic E-state index is -1.20. The zero-order chi connectivity index (χ0) is 28.1. The maximum Gasteiger partial charge on any atom is 0.349 e. The molecular formula is C29H32N2O7S. The third-order valence-electron chi connectivity index (χ3n) is 6.78. The molecule has 1 unspecified atom stereocenters. The number of hydrogen-bond donors (Lipinski definition) is 4.